The number of carbonyl (C=O) groups excluding carboxylic acids is 1. The first-order valence-electron chi connectivity index (χ1n) is 8.30. The van der Waals surface area contributed by atoms with Crippen LogP contribution in [0.15, 0.2) is 41.6 Å². The molecule has 1 aromatic carbocycles. The molecule has 1 aromatic heterocycles. The van der Waals surface area contributed by atoms with Crippen LogP contribution in [0.2, 0.25) is 0 Å². The monoisotopic (exact) mass is 340 g/mol. The van der Waals surface area contributed by atoms with Crippen LogP contribution in [0, 0.1) is 0 Å². The summed E-state index contributed by atoms with van der Waals surface area (Å²) in [6.07, 6.45) is -0.0928. The van der Waals surface area contributed by atoms with Crippen LogP contribution in [0.3, 0.4) is 0 Å². The molecule has 0 saturated carbocycles. The van der Waals surface area contributed by atoms with Crippen molar-refractivity contribution in [1.29, 1.82) is 0 Å². The first-order chi connectivity index (χ1) is 12.1. The predicted molar refractivity (Wildman–Crippen MR) is 90.6 cm³/mol. The summed E-state index contributed by atoms with van der Waals surface area (Å²) in [6.45, 7) is 3.99. The zero-order valence-electron chi connectivity index (χ0n) is 14.3. The molecule has 0 bridgehead atoms. The van der Waals surface area contributed by atoms with E-state index in [1.54, 1.807) is 4.68 Å². The van der Waals surface area contributed by atoms with Crippen molar-refractivity contribution in [2.75, 3.05) is 31.6 Å². The van der Waals surface area contributed by atoms with Crippen LogP contribution in [0.1, 0.15) is 18.6 Å². The molecule has 4 rings (SSSR count). The molecule has 0 N–H and O–H groups in total. The van der Waals surface area contributed by atoms with E-state index in [0.29, 0.717) is 32.2 Å². The van der Waals surface area contributed by atoms with Crippen LogP contribution in [0.5, 0.6) is 0 Å². The minimum Gasteiger partial charge on any atom is -0.370 e. The Hall–Kier alpha value is -2.74. The molecule has 3 heterocycles. The number of ether oxygens (including phenoxy) is 1. The number of tetrazole rings is 1. The summed E-state index contributed by atoms with van der Waals surface area (Å²) in [4.78, 5) is 16.8. The molecule has 2 aliphatic rings. The molecule has 8 heteroatoms. The van der Waals surface area contributed by atoms with E-state index < -0.39 is 0 Å². The molecule has 130 valence electrons. The Labute approximate surface area is 145 Å². The molecule has 1 atom stereocenters. The summed E-state index contributed by atoms with van der Waals surface area (Å²) in [7, 11) is 1.87. The average molecular weight is 340 g/mol. The van der Waals surface area contributed by atoms with Gasteiger partial charge in [-0.15, -0.1) is 0 Å². The molecule has 2 aromatic rings. The molecule has 2 aliphatic heterocycles. The number of anilines is 1. The van der Waals surface area contributed by atoms with Gasteiger partial charge in [0.2, 0.25) is 5.95 Å². The summed E-state index contributed by atoms with van der Waals surface area (Å²) in [6, 6.07) is 10.0. The number of morpholine rings is 1. The highest BCUT2D eigenvalue weighted by atomic mass is 16.5. The summed E-state index contributed by atoms with van der Waals surface area (Å²) >= 11 is 0. The molecule has 1 unspecified atom stereocenters. The molecule has 0 spiro atoms. The minimum absolute atomic E-state index is 0.0229. The van der Waals surface area contributed by atoms with E-state index in [1.165, 1.54) is 0 Å². The summed E-state index contributed by atoms with van der Waals surface area (Å²) < 4.78 is 7.51. The number of fused-ring (bicyclic) bond motifs is 1. The summed E-state index contributed by atoms with van der Waals surface area (Å²) in [5.41, 5.74) is 2.69. The Balaban J connectivity index is 1.55. The van der Waals surface area contributed by atoms with Gasteiger partial charge in [0, 0.05) is 19.3 Å². The number of nitrogens with zero attached hydrogens (tertiary/aromatic N) is 6. The van der Waals surface area contributed by atoms with Crippen LogP contribution in [0.25, 0.3) is 0 Å². The summed E-state index contributed by atoms with van der Waals surface area (Å²) in [5, 5.41) is 11.7. The quantitative estimate of drug-likeness (QED) is 0.812. The smallest absolute Gasteiger partial charge is 0.253 e. The van der Waals surface area contributed by atoms with E-state index >= 15 is 0 Å². The lowest BCUT2D eigenvalue weighted by molar-refractivity contribution is -0.135. The topological polar surface area (TPSA) is 76.4 Å². The van der Waals surface area contributed by atoms with E-state index in [1.807, 2.05) is 54.1 Å². The molecule has 1 amide bonds. The fourth-order valence-corrected chi connectivity index (χ4v) is 3.28. The number of hydrogen-bond donors (Lipinski definition) is 0. The zero-order chi connectivity index (χ0) is 17.4. The van der Waals surface area contributed by atoms with Gasteiger partial charge in [-0.25, -0.2) is 4.68 Å². The highest BCUT2D eigenvalue weighted by molar-refractivity contribution is 5.95. The standard InChI is InChI=1S/C17H20N6O2/c1-12-14(10-23-17(21(12)2)18-19-20-23)16(24)22-8-9-25-15(11-22)13-6-4-3-5-7-13/h3-7,15H,8-11H2,1-2H3. The normalized spacial score (nSPS) is 20.6. The maximum absolute atomic E-state index is 13.1. The van der Waals surface area contributed by atoms with Gasteiger partial charge in [0.05, 0.1) is 25.3 Å². The van der Waals surface area contributed by atoms with Crippen molar-refractivity contribution in [3.05, 3.63) is 47.2 Å². The molecule has 1 fully saturated rings. The van der Waals surface area contributed by atoms with E-state index in [2.05, 4.69) is 15.5 Å². The molecule has 1 saturated heterocycles. The van der Waals surface area contributed by atoms with Gasteiger partial charge in [0.25, 0.3) is 5.91 Å². The van der Waals surface area contributed by atoms with Gasteiger partial charge >= 0.3 is 0 Å². The third-order valence-electron chi connectivity index (χ3n) is 4.84. The van der Waals surface area contributed by atoms with E-state index in [0.717, 1.165) is 16.8 Å². The van der Waals surface area contributed by atoms with Crippen molar-refractivity contribution < 1.29 is 9.53 Å². The fraction of sp³-hybridized carbons (Fsp3) is 0.412. The lowest BCUT2D eigenvalue weighted by Crippen LogP contribution is -2.45. The number of rotatable bonds is 2. The molecular weight excluding hydrogens is 320 g/mol. The lowest BCUT2D eigenvalue weighted by Gasteiger charge is -2.35. The number of allylic oxidation sites excluding steroid dienone is 1. The highest BCUT2D eigenvalue weighted by Gasteiger charge is 2.32. The van der Waals surface area contributed by atoms with Crippen LogP contribution in [-0.2, 0) is 16.1 Å². The number of hydrogen-bond acceptors (Lipinski definition) is 6. The van der Waals surface area contributed by atoms with Crippen LogP contribution < -0.4 is 4.90 Å². The van der Waals surface area contributed by atoms with Gasteiger partial charge in [-0.05, 0) is 22.9 Å². The maximum Gasteiger partial charge on any atom is 0.253 e. The van der Waals surface area contributed by atoms with Crippen molar-refractivity contribution in [1.82, 2.24) is 25.1 Å². The van der Waals surface area contributed by atoms with Crippen molar-refractivity contribution in [2.45, 2.75) is 19.6 Å². The van der Waals surface area contributed by atoms with E-state index in [9.17, 15) is 4.79 Å². The second kappa shape index (κ2) is 6.29. The van der Waals surface area contributed by atoms with Gasteiger partial charge in [0.15, 0.2) is 0 Å². The Kier molecular flexibility index (Phi) is 3.96. The third-order valence-corrected chi connectivity index (χ3v) is 4.84. The first-order valence-corrected chi connectivity index (χ1v) is 8.30. The van der Waals surface area contributed by atoms with Gasteiger partial charge in [-0.2, -0.15) is 0 Å². The molecule has 0 aliphatic carbocycles. The first kappa shape index (κ1) is 15.8. The van der Waals surface area contributed by atoms with Gasteiger partial charge in [0.1, 0.15) is 6.10 Å². The Morgan fingerprint density at radius 2 is 2.08 bits per heavy atom. The SMILES string of the molecule is CC1=C(C(=O)N2CCOC(c3ccccc3)C2)Cn2nnnc2N1C. The maximum atomic E-state index is 13.1. The van der Waals surface area contributed by atoms with Crippen molar-refractivity contribution in [3.8, 4) is 0 Å². The fourth-order valence-electron chi connectivity index (χ4n) is 3.28. The van der Waals surface area contributed by atoms with Gasteiger partial charge < -0.3 is 14.5 Å². The van der Waals surface area contributed by atoms with Crippen LogP contribution in [0.4, 0.5) is 5.95 Å². The number of aromatic nitrogens is 4. The highest BCUT2D eigenvalue weighted by Crippen LogP contribution is 2.27. The minimum atomic E-state index is -0.0928. The second-order valence-electron chi connectivity index (χ2n) is 6.28. The Bertz CT molecular complexity index is 816. The van der Waals surface area contributed by atoms with Crippen LogP contribution >= 0.6 is 0 Å². The molecule has 25 heavy (non-hydrogen) atoms. The predicted octanol–water partition coefficient (Wildman–Crippen LogP) is 0.997. The van der Waals surface area contributed by atoms with E-state index in [4.69, 9.17) is 4.74 Å². The van der Waals surface area contributed by atoms with Gasteiger partial charge in [-0.1, -0.05) is 35.4 Å². The Morgan fingerprint density at radius 3 is 2.88 bits per heavy atom. The van der Waals surface area contributed by atoms with E-state index in [-0.39, 0.29) is 12.0 Å². The molecule has 8 nitrogen and oxygen atoms in total. The number of amides is 1. The lowest BCUT2D eigenvalue weighted by atomic mass is 10.1. The third kappa shape index (κ3) is 2.78. The number of benzene rings is 1. The summed E-state index contributed by atoms with van der Waals surface area (Å²) in [5.74, 6) is 0.674. The van der Waals surface area contributed by atoms with Crippen LogP contribution in [-0.4, -0.2) is 57.8 Å². The average Bonchev–Trinajstić information content (AvgIpc) is 3.14. The largest absolute Gasteiger partial charge is 0.370 e. The molecule has 0 radical (unpaired) electrons. The van der Waals surface area contributed by atoms with Crippen molar-refractivity contribution in [3.63, 3.8) is 0 Å². The second-order valence-corrected chi connectivity index (χ2v) is 6.28. The number of carbonyl (C=O) groups is 1. The van der Waals surface area contributed by atoms with Crippen molar-refractivity contribution >= 4 is 11.9 Å². The van der Waals surface area contributed by atoms with Crippen molar-refractivity contribution in [2.24, 2.45) is 0 Å². The molecular formula is C17H20N6O2. The van der Waals surface area contributed by atoms with Gasteiger partial charge in [-0.3, -0.25) is 4.79 Å². The Morgan fingerprint density at radius 1 is 1.28 bits per heavy atom. The zero-order valence-corrected chi connectivity index (χ0v) is 14.3.